The van der Waals surface area contributed by atoms with Crippen molar-refractivity contribution in [1.29, 1.82) is 0 Å². The fourth-order valence-electron chi connectivity index (χ4n) is 6.32. The molecule has 0 radical (unpaired) electrons. The quantitative estimate of drug-likeness (QED) is 0.490. The van der Waals surface area contributed by atoms with E-state index >= 15 is 0 Å². The number of hydrogen-bond donors (Lipinski definition) is 3. The number of hydrogen-bond acceptors (Lipinski definition) is 3. The average molecular weight is 429 g/mol. The molecular weight excluding hydrogens is 384 g/mol. The first kappa shape index (κ1) is 24.5. The highest BCUT2D eigenvalue weighted by atomic mass is 16.3. The van der Waals surface area contributed by atoms with Gasteiger partial charge in [-0.1, -0.05) is 57.2 Å². The van der Waals surface area contributed by atoms with Crippen LogP contribution >= 0.6 is 0 Å². The monoisotopic (exact) mass is 428 g/mol. The molecule has 0 aliphatic heterocycles. The molecule has 0 aromatic rings. The van der Waals surface area contributed by atoms with Crippen molar-refractivity contribution in [1.82, 2.24) is 0 Å². The van der Waals surface area contributed by atoms with Crippen molar-refractivity contribution in [2.24, 2.45) is 29.1 Å². The number of rotatable bonds is 5. The summed E-state index contributed by atoms with van der Waals surface area (Å²) in [6.45, 7) is 14.7. The maximum atomic E-state index is 10.3. The molecule has 0 aromatic heterocycles. The predicted octanol–water partition coefficient (Wildman–Crippen LogP) is 5.73. The van der Waals surface area contributed by atoms with E-state index in [1.807, 2.05) is 13.8 Å². The summed E-state index contributed by atoms with van der Waals surface area (Å²) < 4.78 is 0. The van der Waals surface area contributed by atoms with Gasteiger partial charge in [0.2, 0.25) is 0 Å². The van der Waals surface area contributed by atoms with Crippen LogP contribution in [0.4, 0.5) is 0 Å². The molecule has 2 unspecified atom stereocenters. The molecule has 7 atom stereocenters. The summed E-state index contributed by atoms with van der Waals surface area (Å²) >= 11 is 0. The van der Waals surface area contributed by atoms with E-state index in [-0.39, 0.29) is 5.92 Å². The van der Waals surface area contributed by atoms with Gasteiger partial charge < -0.3 is 15.3 Å². The van der Waals surface area contributed by atoms with Crippen molar-refractivity contribution < 1.29 is 15.3 Å². The molecule has 174 valence electrons. The maximum Gasteiger partial charge on any atom is 0.0811 e. The largest absolute Gasteiger partial charge is 0.393 e. The van der Waals surface area contributed by atoms with Gasteiger partial charge in [0.1, 0.15) is 0 Å². The van der Waals surface area contributed by atoms with Gasteiger partial charge in [-0.15, -0.1) is 0 Å². The van der Waals surface area contributed by atoms with Gasteiger partial charge >= 0.3 is 0 Å². The lowest BCUT2D eigenvalue weighted by Crippen LogP contribution is -2.35. The highest BCUT2D eigenvalue weighted by Gasteiger charge is 2.50. The van der Waals surface area contributed by atoms with E-state index in [0.29, 0.717) is 36.0 Å². The first-order chi connectivity index (χ1) is 14.4. The predicted molar refractivity (Wildman–Crippen MR) is 128 cm³/mol. The van der Waals surface area contributed by atoms with E-state index in [9.17, 15) is 15.3 Å². The number of fused-ring (bicyclic) bond motifs is 1. The molecule has 31 heavy (non-hydrogen) atoms. The molecule has 3 aliphatic carbocycles. The minimum atomic E-state index is -0.684. The highest BCUT2D eigenvalue weighted by molar-refractivity contribution is 5.38. The van der Waals surface area contributed by atoms with E-state index in [4.69, 9.17) is 0 Å². The summed E-state index contributed by atoms with van der Waals surface area (Å²) in [6.07, 6.45) is 15.0. The van der Waals surface area contributed by atoms with Gasteiger partial charge in [-0.25, -0.2) is 0 Å². The second-order valence-corrected chi connectivity index (χ2v) is 11.4. The third-order valence-corrected chi connectivity index (χ3v) is 8.75. The van der Waals surface area contributed by atoms with Crippen LogP contribution in [-0.4, -0.2) is 33.1 Å². The molecule has 3 aliphatic rings. The average Bonchev–Trinajstić information content (AvgIpc) is 3.04. The summed E-state index contributed by atoms with van der Waals surface area (Å²) in [5.74, 6) is 1.91. The van der Waals surface area contributed by atoms with Crippen LogP contribution in [0.25, 0.3) is 0 Å². The van der Waals surface area contributed by atoms with Crippen LogP contribution in [0, 0.1) is 29.1 Å². The Labute approximate surface area is 189 Å². The van der Waals surface area contributed by atoms with Crippen LogP contribution < -0.4 is 0 Å². The van der Waals surface area contributed by atoms with Crippen molar-refractivity contribution in [3.05, 3.63) is 47.6 Å². The molecule has 0 spiro atoms. The van der Waals surface area contributed by atoms with E-state index in [1.165, 1.54) is 31.3 Å². The molecule has 3 N–H and O–H groups in total. The number of aliphatic hydroxyl groups is 3. The van der Waals surface area contributed by atoms with E-state index in [0.717, 1.165) is 17.6 Å². The molecule has 0 heterocycles. The Morgan fingerprint density at radius 2 is 1.84 bits per heavy atom. The van der Waals surface area contributed by atoms with Gasteiger partial charge in [0.25, 0.3) is 0 Å². The summed E-state index contributed by atoms with van der Waals surface area (Å²) in [4.78, 5) is 0. The first-order valence-corrected chi connectivity index (χ1v) is 12.3. The van der Waals surface area contributed by atoms with Crippen LogP contribution in [0.2, 0.25) is 0 Å². The zero-order chi connectivity index (χ0) is 23.0. The lowest BCUT2D eigenvalue weighted by atomic mass is 9.61. The van der Waals surface area contributed by atoms with Crippen LogP contribution in [0.5, 0.6) is 0 Å². The Balaban J connectivity index is 1.76. The molecule has 0 amide bonds. The SMILES string of the molecule is C=C1/C(=C/C=C2CCC[C@@]3(C)C2CC[C@@H]3[C@H](C)/C=C/[C@H](C)C(C)(C)O)C[C@@H](O)CC1O. The highest BCUT2D eigenvalue weighted by Crippen LogP contribution is 2.59. The molecule has 3 saturated carbocycles. The van der Waals surface area contributed by atoms with Crippen LogP contribution in [0.15, 0.2) is 47.6 Å². The summed E-state index contributed by atoms with van der Waals surface area (Å²) in [6, 6.07) is 0. The van der Waals surface area contributed by atoms with Crippen LogP contribution in [-0.2, 0) is 0 Å². The Bertz CT molecular complexity index is 753. The second-order valence-electron chi connectivity index (χ2n) is 11.4. The van der Waals surface area contributed by atoms with Crippen molar-refractivity contribution in [2.45, 2.75) is 97.4 Å². The summed E-state index contributed by atoms with van der Waals surface area (Å²) in [7, 11) is 0. The number of allylic oxidation sites excluding steroid dienone is 4. The third-order valence-electron chi connectivity index (χ3n) is 8.75. The third kappa shape index (κ3) is 5.26. The minimum absolute atomic E-state index is 0.141. The zero-order valence-electron chi connectivity index (χ0n) is 20.3. The van der Waals surface area contributed by atoms with Gasteiger partial charge in [0.15, 0.2) is 0 Å². The fraction of sp³-hybridized carbons (Fsp3) is 0.714. The lowest BCUT2D eigenvalue weighted by molar-refractivity contribution is 0.0436. The second kappa shape index (κ2) is 9.37. The standard InChI is InChI=1S/C28H44O3/c1-18(9-10-19(2)27(4,5)31)24-13-14-25-21(8-7-15-28(24,25)6)11-12-22-16-23(29)17-26(30)20(22)3/h9-12,18-19,23-26,29-31H,3,7-8,13-17H2,1-2,4-6H3/b10-9+,21-11?,22-12+/t18-,19+,23-,24-,25?,26?,28-/m1/s1. The van der Waals surface area contributed by atoms with Crippen molar-refractivity contribution in [3.8, 4) is 0 Å². The van der Waals surface area contributed by atoms with Gasteiger partial charge in [0, 0.05) is 12.3 Å². The maximum absolute atomic E-state index is 10.3. The minimum Gasteiger partial charge on any atom is -0.393 e. The van der Waals surface area contributed by atoms with Gasteiger partial charge in [-0.05, 0) is 86.7 Å². The molecule has 0 saturated heterocycles. The molecule has 0 bridgehead atoms. The zero-order valence-corrected chi connectivity index (χ0v) is 20.3. The lowest BCUT2D eigenvalue weighted by Gasteiger charge is -2.44. The van der Waals surface area contributed by atoms with Gasteiger partial charge in [0.05, 0.1) is 17.8 Å². The molecule has 3 rings (SSSR count). The van der Waals surface area contributed by atoms with E-state index in [1.54, 1.807) is 0 Å². The van der Waals surface area contributed by atoms with E-state index < -0.39 is 17.8 Å². The van der Waals surface area contributed by atoms with Gasteiger partial charge in [-0.2, -0.15) is 0 Å². The Hall–Kier alpha value is -1.16. The van der Waals surface area contributed by atoms with Crippen molar-refractivity contribution in [2.75, 3.05) is 0 Å². The van der Waals surface area contributed by atoms with E-state index in [2.05, 4.69) is 51.7 Å². The van der Waals surface area contributed by atoms with Crippen molar-refractivity contribution in [3.63, 3.8) is 0 Å². The summed E-state index contributed by atoms with van der Waals surface area (Å²) in [5, 5.41) is 30.4. The Kier molecular flexibility index (Phi) is 7.40. The van der Waals surface area contributed by atoms with Crippen LogP contribution in [0.3, 0.4) is 0 Å². The number of aliphatic hydroxyl groups excluding tert-OH is 2. The summed E-state index contributed by atoms with van der Waals surface area (Å²) in [5.41, 5.74) is 2.93. The van der Waals surface area contributed by atoms with Crippen molar-refractivity contribution >= 4 is 0 Å². The Morgan fingerprint density at radius 3 is 2.52 bits per heavy atom. The molecule has 3 fully saturated rings. The normalized spacial score (nSPS) is 39.3. The molecular formula is C28H44O3. The molecule has 3 nitrogen and oxygen atoms in total. The van der Waals surface area contributed by atoms with Crippen LogP contribution in [0.1, 0.15) is 79.6 Å². The fourth-order valence-corrected chi connectivity index (χ4v) is 6.32. The van der Waals surface area contributed by atoms with Gasteiger partial charge in [-0.3, -0.25) is 0 Å². The topological polar surface area (TPSA) is 60.7 Å². The smallest absolute Gasteiger partial charge is 0.0811 e. The Morgan fingerprint density at radius 1 is 1.13 bits per heavy atom. The first-order valence-electron chi connectivity index (χ1n) is 12.3. The molecule has 3 heteroatoms. The molecule has 0 aromatic carbocycles.